The van der Waals surface area contributed by atoms with Crippen LogP contribution in [0.2, 0.25) is 0 Å². The molecule has 2 aliphatic heterocycles. The van der Waals surface area contributed by atoms with Gasteiger partial charge in [0.25, 0.3) is 0 Å². The number of phenolic OH excluding ortho intramolecular Hbond substituents is 2. The number of rotatable bonds is 9. The summed E-state index contributed by atoms with van der Waals surface area (Å²) < 4.78 is 38.3. The molecule has 2 unspecified atom stereocenters. The molecule has 2 aromatic carbocycles. The van der Waals surface area contributed by atoms with E-state index < -0.39 is 85.8 Å². The number of aliphatic hydroxyl groups excluding tert-OH is 7. The van der Waals surface area contributed by atoms with E-state index in [1.54, 1.807) is 0 Å². The summed E-state index contributed by atoms with van der Waals surface area (Å²) in [5.41, 5.74) is -0.511. The molecule has 0 aliphatic carbocycles. The fraction of sp³-hybridized carbons (Fsp3) is 0.483. The molecule has 0 radical (unpaired) electrons. The van der Waals surface area contributed by atoms with Gasteiger partial charge in [-0.2, -0.15) is 0 Å². The Kier molecular flexibility index (Phi) is 9.89. The maximum Gasteiger partial charge on any atom is 0.229 e. The largest absolute Gasteiger partial charge is 0.507 e. The highest BCUT2D eigenvalue weighted by Crippen LogP contribution is 2.41. The molecule has 17 nitrogen and oxygen atoms in total. The SMILES string of the molecule is COc1cc(-c2cc(=O)c3c(O)cc(OC4O[C@H](CO)[C@@H](OC5O[C@H](CO)[C@@H](O)[C@H](O)[C@H]5O)[C@H](O)[C@H]4O)cc3o2)cc(OC)c1O. The van der Waals surface area contributed by atoms with Crippen LogP contribution in [-0.4, -0.2) is 135 Å². The summed E-state index contributed by atoms with van der Waals surface area (Å²) in [4.78, 5) is 13.0. The Labute approximate surface area is 259 Å². The van der Waals surface area contributed by atoms with E-state index in [1.807, 2.05) is 0 Å². The van der Waals surface area contributed by atoms with E-state index in [9.17, 15) is 50.8 Å². The zero-order valence-electron chi connectivity index (χ0n) is 24.4. The van der Waals surface area contributed by atoms with Crippen LogP contribution >= 0.6 is 0 Å². The number of ether oxygens (including phenoxy) is 6. The van der Waals surface area contributed by atoms with Gasteiger partial charge in [0.05, 0.1) is 27.4 Å². The van der Waals surface area contributed by atoms with Crippen molar-refractivity contribution in [3.8, 4) is 40.1 Å². The van der Waals surface area contributed by atoms with E-state index in [0.29, 0.717) is 0 Å². The minimum absolute atomic E-state index is 0.00329. The summed E-state index contributed by atoms with van der Waals surface area (Å²) in [6.07, 6.45) is -16.7. The van der Waals surface area contributed by atoms with Crippen molar-refractivity contribution in [1.82, 2.24) is 0 Å². The van der Waals surface area contributed by atoms with E-state index >= 15 is 0 Å². The Morgan fingerprint density at radius 3 is 1.96 bits per heavy atom. The molecule has 9 N–H and O–H groups in total. The molecular formula is C29H34O17. The summed E-state index contributed by atoms with van der Waals surface area (Å²) in [5, 5.41) is 92.1. The Hall–Kier alpha value is -3.75. The number of aromatic hydroxyl groups is 2. The number of aliphatic hydroxyl groups is 7. The van der Waals surface area contributed by atoms with Crippen molar-refractivity contribution in [3.05, 3.63) is 40.6 Å². The highest BCUT2D eigenvalue weighted by atomic mass is 16.7. The van der Waals surface area contributed by atoms with Crippen LogP contribution in [-0.2, 0) is 14.2 Å². The van der Waals surface area contributed by atoms with Crippen molar-refractivity contribution in [2.75, 3.05) is 27.4 Å². The van der Waals surface area contributed by atoms with Crippen molar-refractivity contribution < 1.29 is 78.8 Å². The Bertz CT molecular complexity index is 1560. The van der Waals surface area contributed by atoms with E-state index in [1.165, 1.54) is 32.4 Å². The first-order valence-corrected chi connectivity index (χ1v) is 13.9. The first kappa shape index (κ1) is 33.6. The lowest BCUT2D eigenvalue weighted by Gasteiger charge is -2.45. The molecule has 2 fully saturated rings. The minimum atomic E-state index is -1.87. The number of phenols is 2. The van der Waals surface area contributed by atoms with Crippen LogP contribution < -0.4 is 19.6 Å². The van der Waals surface area contributed by atoms with Crippen molar-refractivity contribution >= 4 is 11.0 Å². The molecule has 0 bridgehead atoms. The quantitative estimate of drug-likeness (QED) is 0.119. The summed E-state index contributed by atoms with van der Waals surface area (Å²) in [6, 6.07) is 6.15. The van der Waals surface area contributed by atoms with Gasteiger partial charge < -0.3 is 78.8 Å². The molecule has 3 heterocycles. The summed E-state index contributed by atoms with van der Waals surface area (Å²) in [7, 11) is 2.64. The van der Waals surface area contributed by atoms with Gasteiger partial charge >= 0.3 is 0 Å². The van der Waals surface area contributed by atoms with Gasteiger partial charge in [-0.3, -0.25) is 4.79 Å². The van der Waals surface area contributed by atoms with Gasteiger partial charge in [0.1, 0.15) is 77.1 Å². The zero-order valence-corrected chi connectivity index (χ0v) is 24.4. The van der Waals surface area contributed by atoms with Crippen molar-refractivity contribution in [3.63, 3.8) is 0 Å². The van der Waals surface area contributed by atoms with Gasteiger partial charge in [0, 0.05) is 23.8 Å². The lowest BCUT2D eigenvalue weighted by Crippen LogP contribution is -2.65. The van der Waals surface area contributed by atoms with E-state index in [0.717, 1.165) is 12.1 Å². The topological polar surface area (TPSA) is 268 Å². The van der Waals surface area contributed by atoms with Crippen LogP contribution in [0.15, 0.2) is 39.5 Å². The number of benzene rings is 2. The summed E-state index contributed by atoms with van der Waals surface area (Å²) in [5.74, 6) is -0.948. The summed E-state index contributed by atoms with van der Waals surface area (Å²) in [6.45, 7) is -1.54. The number of fused-ring (bicyclic) bond motifs is 1. The lowest BCUT2D eigenvalue weighted by molar-refractivity contribution is -0.352. The highest BCUT2D eigenvalue weighted by molar-refractivity contribution is 5.86. The molecular weight excluding hydrogens is 620 g/mol. The van der Waals surface area contributed by atoms with Crippen molar-refractivity contribution in [2.45, 2.75) is 61.4 Å². The fourth-order valence-electron chi connectivity index (χ4n) is 5.28. The van der Waals surface area contributed by atoms with Crippen molar-refractivity contribution in [2.24, 2.45) is 0 Å². The van der Waals surface area contributed by atoms with Crippen LogP contribution in [0.4, 0.5) is 0 Å². The van der Waals surface area contributed by atoms with Gasteiger partial charge in [-0.1, -0.05) is 0 Å². The van der Waals surface area contributed by atoms with Gasteiger partial charge in [0.2, 0.25) is 12.0 Å². The van der Waals surface area contributed by atoms with Crippen LogP contribution in [0.1, 0.15) is 0 Å². The molecule has 0 saturated carbocycles. The third-order valence-corrected chi connectivity index (χ3v) is 7.76. The highest BCUT2D eigenvalue weighted by Gasteiger charge is 2.51. The zero-order chi connectivity index (χ0) is 33.4. The number of hydrogen-bond acceptors (Lipinski definition) is 17. The van der Waals surface area contributed by atoms with Crippen LogP contribution in [0, 0.1) is 0 Å². The standard InChI is InChI=1S/C29H34O17/c1-40-16-3-10(4-17(41-2)21(16)34)14-7-13(33)20-12(32)5-11(6-15(20)43-14)42-28-26(39)24(37)27(19(9-31)45-28)46-29-25(38)23(36)22(35)18(8-30)44-29/h3-7,18-19,22-32,34-39H,8-9H2,1-2H3/t18-,19-,22-,23+,24-,25-,26-,27-,28?,29?/m1/s1. The Morgan fingerprint density at radius 1 is 0.739 bits per heavy atom. The molecule has 17 heteroatoms. The first-order valence-electron chi connectivity index (χ1n) is 13.9. The lowest BCUT2D eigenvalue weighted by atomic mass is 9.97. The number of hydrogen-bond donors (Lipinski definition) is 9. The van der Waals surface area contributed by atoms with Crippen LogP contribution in [0.25, 0.3) is 22.3 Å². The van der Waals surface area contributed by atoms with E-state index in [4.69, 9.17) is 32.8 Å². The molecule has 1 aromatic heterocycles. The molecule has 0 spiro atoms. The molecule has 46 heavy (non-hydrogen) atoms. The predicted octanol–water partition coefficient (Wildman–Crippen LogP) is -2.11. The second-order valence-corrected chi connectivity index (χ2v) is 10.6. The third kappa shape index (κ3) is 6.17. The molecule has 252 valence electrons. The van der Waals surface area contributed by atoms with Gasteiger partial charge in [-0.25, -0.2) is 0 Å². The van der Waals surface area contributed by atoms with Crippen LogP contribution in [0.5, 0.6) is 28.7 Å². The fourth-order valence-corrected chi connectivity index (χ4v) is 5.28. The minimum Gasteiger partial charge on any atom is -0.507 e. The second kappa shape index (κ2) is 13.5. The van der Waals surface area contributed by atoms with Gasteiger partial charge in [-0.05, 0) is 12.1 Å². The van der Waals surface area contributed by atoms with E-state index in [2.05, 4.69) is 0 Å². The second-order valence-electron chi connectivity index (χ2n) is 10.6. The maximum absolute atomic E-state index is 13.0. The molecule has 0 amide bonds. The van der Waals surface area contributed by atoms with Gasteiger partial charge in [0.15, 0.2) is 23.2 Å². The van der Waals surface area contributed by atoms with Gasteiger partial charge in [-0.15, -0.1) is 0 Å². The Morgan fingerprint density at radius 2 is 1.35 bits per heavy atom. The maximum atomic E-state index is 13.0. The Balaban J connectivity index is 1.40. The van der Waals surface area contributed by atoms with Crippen LogP contribution in [0.3, 0.4) is 0 Å². The third-order valence-electron chi connectivity index (χ3n) is 7.76. The normalized spacial score (nSPS) is 31.5. The molecule has 2 aliphatic rings. The smallest absolute Gasteiger partial charge is 0.229 e. The first-order chi connectivity index (χ1) is 21.9. The van der Waals surface area contributed by atoms with Crippen molar-refractivity contribution in [1.29, 1.82) is 0 Å². The predicted molar refractivity (Wildman–Crippen MR) is 151 cm³/mol. The molecule has 2 saturated heterocycles. The monoisotopic (exact) mass is 654 g/mol. The van der Waals surface area contributed by atoms with E-state index in [-0.39, 0.29) is 45.3 Å². The average Bonchev–Trinajstić information content (AvgIpc) is 3.04. The average molecular weight is 655 g/mol. The molecule has 10 atom stereocenters. The molecule has 3 aromatic rings. The summed E-state index contributed by atoms with van der Waals surface area (Å²) >= 11 is 0. The number of methoxy groups -OCH3 is 2. The molecule has 5 rings (SSSR count).